The van der Waals surface area contributed by atoms with E-state index in [0.29, 0.717) is 26.1 Å². The number of benzene rings is 1. The van der Waals surface area contributed by atoms with Crippen molar-refractivity contribution >= 4 is 17.6 Å². The SMILES string of the molecule is CCCN1C[C@H](NC(=O)N2CCN(c3cccc(OC)c3)CC2)CC1=O. The number of nitrogens with one attached hydrogen (secondary N) is 1. The Labute approximate surface area is 154 Å². The number of nitrogens with zero attached hydrogens (tertiary/aromatic N) is 3. The molecule has 0 saturated carbocycles. The molecule has 26 heavy (non-hydrogen) atoms. The highest BCUT2D eigenvalue weighted by atomic mass is 16.5. The van der Waals surface area contributed by atoms with Crippen molar-refractivity contribution in [2.75, 3.05) is 51.3 Å². The van der Waals surface area contributed by atoms with Crippen LogP contribution in [0.5, 0.6) is 5.75 Å². The van der Waals surface area contributed by atoms with Crippen molar-refractivity contribution in [3.63, 3.8) is 0 Å². The standard InChI is InChI=1S/C19H28N4O3/c1-3-7-23-14-15(12-18(23)24)20-19(25)22-10-8-21(9-11-22)16-5-4-6-17(13-16)26-2/h4-6,13,15H,3,7-12,14H2,1-2H3,(H,20,25)/t15-/m1/s1. The fourth-order valence-electron chi connectivity index (χ4n) is 3.60. The summed E-state index contributed by atoms with van der Waals surface area (Å²) >= 11 is 0. The summed E-state index contributed by atoms with van der Waals surface area (Å²) in [4.78, 5) is 30.4. The van der Waals surface area contributed by atoms with Gasteiger partial charge in [-0.05, 0) is 18.6 Å². The molecule has 1 aromatic rings. The molecule has 1 N–H and O–H groups in total. The normalized spacial score (nSPS) is 20.5. The first kappa shape index (κ1) is 18.4. The van der Waals surface area contributed by atoms with E-state index in [2.05, 4.69) is 23.2 Å². The molecule has 3 amide bonds. The van der Waals surface area contributed by atoms with Gasteiger partial charge in [0.15, 0.2) is 0 Å². The van der Waals surface area contributed by atoms with Gasteiger partial charge in [0, 0.05) is 57.4 Å². The van der Waals surface area contributed by atoms with Crippen molar-refractivity contribution in [2.24, 2.45) is 0 Å². The number of carbonyl (C=O) groups is 2. The van der Waals surface area contributed by atoms with Crippen molar-refractivity contribution in [3.8, 4) is 5.75 Å². The highest BCUT2D eigenvalue weighted by molar-refractivity contribution is 5.81. The Morgan fingerprint density at radius 3 is 2.73 bits per heavy atom. The summed E-state index contributed by atoms with van der Waals surface area (Å²) < 4.78 is 5.28. The summed E-state index contributed by atoms with van der Waals surface area (Å²) in [6.45, 7) is 6.36. The maximum atomic E-state index is 12.5. The van der Waals surface area contributed by atoms with Crippen molar-refractivity contribution < 1.29 is 14.3 Å². The quantitative estimate of drug-likeness (QED) is 0.865. The van der Waals surface area contributed by atoms with Crippen LogP contribution in [0.4, 0.5) is 10.5 Å². The minimum Gasteiger partial charge on any atom is -0.497 e. The monoisotopic (exact) mass is 360 g/mol. The second kappa shape index (κ2) is 8.29. The van der Waals surface area contributed by atoms with E-state index in [0.717, 1.165) is 37.5 Å². The third-order valence-corrected chi connectivity index (χ3v) is 5.02. The van der Waals surface area contributed by atoms with Gasteiger partial charge in [0.1, 0.15) is 5.75 Å². The van der Waals surface area contributed by atoms with Gasteiger partial charge in [-0.1, -0.05) is 13.0 Å². The highest BCUT2D eigenvalue weighted by Gasteiger charge is 2.31. The Morgan fingerprint density at radius 2 is 2.04 bits per heavy atom. The second-order valence-electron chi connectivity index (χ2n) is 6.87. The van der Waals surface area contributed by atoms with E-state index in [1.165, 1.54) is 0 Å². The van der Waals surface area contributed by atoms with Gasteiger partial charge in [-0.25, -0.2) is 4.79 Å². The maximum Gasteiger partial charge on any atom is 0.317 e. The fourth-order valence-corrected chi connectivity index (χ4v) is 3.60. The molecule has 0 unspecified atom stereocenters. The van der Waals surface area contributed by atoms with E-state index in [4.69, 9.17) is 4.74 Å². The first-order valence-corrected chi connectivity index (χ1v) is 9.33. The summed E-state index contributed by atoms with van der Waals surface area (Å²) in [5.74, 6) is 0.977. The summed E-state index contributed by atoms with van der Waals surface area (Å²) in [5.41, 5.74) is 1.11. The minimum atomic E-state index is -0.0713. The molecular weight excluding hydrogens is 332 g/mol. The van der Waals surface area contributed by atoms with Gasteiger partial charge in [-0.15, -0.1) is 0 Å². The first-order chi connectivity index (χ1) is 12.6. The van der Waals surface area contributed by atoms with Crippen molar-refractivity contribution in [2.45, 2.75) is 25.8 Å². The van der Waals surface area contributed by atoms with E-state index < -0.39 is 0 Å². The van der Waals surface area contributed by atoms with Crippen LogP contribution in [0.25, 0.3) is 0 Å². The molecule has 0 aliphatic carbocycles. The van der Waals surface area contributed by atoms with Gasteiger partial charge in [0.2, 0.25) is 5.91 Å². The van der Waals surface area contributed by atoms with Crippen LogP contribution < -0.4 is 15.0 Å². The molecule has 1 aromatic carbocycles. The number of anilines is 1. The van der Waals surface area contributed by atoms with Crippen LogP contribution in [0.3, 0.4) is 0 Å². The van der Waals surface area contributed by atoms with E-state index in [1.54, 1.807) is 7.11 Å². The molecule has 2 fully saturated rings. The lowest BCUT2D eigenvalue weighted by atomic mass is 10.2. The molecule has 3 rings (SSSR count). The lowest BCUT2D eigenvalue weighted by Gasteiger charge is -2.36. The topological polar surface area (TPSA) is 65.1 Å². The molecule has 0 aromatic heterocycles. The number of likely N-dealkylation sites (tertiary alicyclic amines) is 1. The predicted molar refractivity (Wildman–Crippen MR) is 101 cm³/mol. The van der Waals surface area contributed by atoms with Crippen LogP contribution in [0, 0.1) is 0 Å². The number of urea groups is 1. The van der Waals surface area contributed by atoms with E-state index >= 15 is 0 Å². The number of methoxy groups -OCH3 is 1. The molecule has 2 heterocycles. The number of hydrogen-bond donors (Lipinski definition) is 1. The van der Waals surface area contributed by atoms with Gasteiger partial charge in [-0.2, -0.15) is 0 Å². The number of amides is 3. The number of ether oxygens (including phenoxy) is 1. The van der Waals surface area contributed by atoms with Crippen molar-refractivity contribution in [3.05, 3.63) is 24.3 Å². The molecule has 7 heteroatoms. The second-order valence-corrected chi connectivity index (χ2v) is 6.87. The zero-order valence-corrected chi connectivity index (χ0v) is 15.6. The van der Waals surface area contributed by atoms with Gasteiger partial charge < -0.3 is 24.8 Å². The van der Waals surface area contributed by atoms with Crippen LogP contribution in [0.15, 0.2) is 24.3 Å². The van der Waals surface area contributed by atoms with Crippen molar-refractivity contribution in [1.82, 2.24) is 15.1 Å². The number of rotatable bonds is 5. The van der Waals surface area contributed by atoms with E-state index in [9.17, 15) is 9.59 Å². The van der Waals surface area contributed by atoms with E-state index in [1.807, 2.05) is 28.0 Å². The zero-order valence-electron chi connectivity index (χ0n) is 15.6. The lowest BCUT2D eigenvalue weighted by Crippen LogP contribution is -2.53. The number of piperazine rings is 1. The van der Waals surface area contributed by atoms with E-state index in [-0.39, 0.29) is 18.0 Å². The van der Waals surface area contributed by atoms with Crippen LogP contribution in [-0.4, -0.2) is 74.2 Å². The van der Waals surface area contributed by atoms with Crippen LogP contribution in [-0.2, 0) is 4.79 Å². The number of hydrogen-bond acceptors (Lipinski definition) is 4. The zero-order chi connectivity index (χ0) is 18.5. The molecule has 0 spiro atoms. The molecule has 0 radical (unpaired) electrons. The summed E-state index contributed by atoms with van der Waals surface area (Å²) in [7, 11) is 1.66. The average Bonchev–Trinajstić information content (AvgIpc) is 3.01. The highest BCUT2D eigenvalue weighted by Crippen LogP contribution is 2.22. The van der Waals surface area contributed by atoms with Gasteiger partial charge >= 0.3 is 6.03 Å². The molecule has 2 aliphatic rings. The van der Waals surface area contributed by atoms with Crippen LogP contribution in [0.2, 0.25) is 0 Å². The smallest absolute Gasteiger partial charge is 0.317 e. The Kier molecular flexibility index (Phi) is 5.85. The number of carbonyl (C=O) groups excluding carboxylic acids is 2. The molecule has 142 valence electrons. The van der Waals surface area contributed by atoms with Crippen LogP contribution in [0.1, 0.15) is 19.8 Å². The third kappa shape index (κ3) is 4.20. The summed E-state index contributed by atoms with van der Waals surface area (Å²) in [5, 5.41) is 3.03. The fraction of sp³-hybridized carbons (Fsp3) is 0.579. The largest absolute Gasteiger partial charge is 0.497 e. The molecule has 1 atom stereocenters. The Morgan fingerprint density at radius 1 is 1.27 bits per heavy atom. The third-order valence-electron chi connectivity index (χ3n) is 5.02. The van der Waals surface area contributed by atoms with Crippen LogP contribution >= 0.6 is 0 Å². The summed E-state index contributed by atoms with van der Waals surface area (Å²) in [6, 6.07) is 7.85. The molecule has 2 saturated heterocycles. The predicted octanol–water partition coefficient (Wildman–Crippen LogP) is 1.54. The minimum absolute atomic E-state index is 0.0635. The Bertz CT molecular complexity index is 643. The molecule has 7 nitrogen and oxygen atoms in total. The average molecular weight is 360 g/mol. The van der Waals surface area contributed by atoms with Gasteiger partial charge in [0.25, 0.3) is 0 Å². The Hall–Kier alpha value is -2.44. The molecular formula is C19H28N4O3. The van der Waals surface area contributed by atoms with Gasteiger partial charge in [-0.3, -0.25) is 4.79 Å². The Balaban J connectivity index is 1.48. The lowest BCUT2D eigenvalue weighted by molar-refractivity contribution is -0.127. The maximum absolute atomic E-state index is 12.5. The molecule has 2 aliphatic heterocycles. The molecule has 0 bridgehead atoms. The first-order valence-electron chi connectivity index (χ1n) is 9.33. The summed E-state index contributed by atoms with van der Waals surface area (Å²) in [6.07, 6.45) is 1.36. The van der Waals surface area contributed by atoms with Crippen molar-refractivity contribution in [1.29, 1.82) is 0 Å². The van der Waals surface area contributed by atoms with Gasteiger partial charge in [0.05, 0.1) is 13.2 Å².